The van der Waals surface area contributed by atoms with Gasteiger partial charge in [-0.25, -0.2) is 0 Å². The van der Waals surface area contributed by atoms with Gasteiger partial charge in [-0.1, -0.05) is 25.0 Å². The fraction of sp³-hybridized carbons (Fsp3) is 0.600. The van der Waals surface area contributed by atoms with Crippen molar-refractivity contribution in [2.45, 2.75) is 38.6 Å². The maximum atomic E-state index is 12.4. The molecule has 0 radical (unpaired) electrons. The summed E-state index contributed by atoms with van der Waals surface area (Å²) < 4.78 is 29.0. The van der Waals surface area contributed by atoms with E-state index in [2.05, 4.69) is 17.0 Å². The minimum atomic E-state index is -3.43. The SMILES string of the molecule is CNC(C)c1ccc(NS(=O)(=O)N2CCCCCC2)cc1. The molecule has 0 bridgehead atoms. The standard InChI is InChI=1S/C15H25N3O2S/c1-13(16-2)14-7-9-15(10-8-14)17-21(19,20)18-11-5-3-4-6-12-18/h7-10,13,16-17H,3-6,11-12H2,1-2H3. The van der Waals surface area contributed by atoms with Gasteiger partial charge in [0.05, 0.1) is 0 Å². The zero-order chi connectivity index (χ0) is 15.3. The second-order valence-corrected chi connectivity index (χ2v) is 7.22. The van der Waals surface area contributed by atoms with Crippen molar-refractivity contribution in [3.05, 3.63) is 29.8 Å². The van der Waals surface area contributed by atoms with Gasteiger partial charge in [0.25, 0.3) is 0 Å². The van der Waals surface area contributed by atoms with Gasteiger partial charge in [0.1, 0.15) is 0 Å². The van der Waals surface area contributed by atoms with Crippen molar-refractivity contribution in [2.24, 2.45) is 0 Å². The van der Waals surface area contributed by atoms with E-state index in [1.807, 2.05) is 31.3 Å². The molecule has 1 saturated heterocycles. The van der Waals surface area contributed by atoms with E-state index in [1.54, 1.807) is 4.31 Å². The number of anilines is 1. The summed E-state index contributed by atoms with van der Waals surface area (Å²) in [5.74, 6) is 0. The Labute approximate surface area is 127 Å². The largest absolute Gasteiger partial charge is 0.313 e. The molecule has 0 saturated carbocycles. The second kappa shape index (κ2) is 7.24. The smallest absolute Gasteiger partial charge is 0.301 e. The van der Waals surface area contributed by atoms with Crippen molar-refractivity contribution >= 4 is 15.9 Å². The molecule has 1 heterocycles. The van der Waals surface area contributed by atoms with Crippen molar-refractivity contribution in [2.75, 3.05) is 24.9 Å². The quantitative estimate of drug-likeness (QED) is 0.878. The maximum absolute atomic E-state index is 12.4. The van der Waals surface area contributed by atoms with E-state index in [9.17, 15) is 8.42 Å². The molecule has 1 aliphatic rings. The molecule has 1 fully saturated rings. The van der Waals surface area contributed by atoms with Crippen LogP contribution in [0.25, 0.3) is 0 Å². The van der Waals surface area contributed by atoms with Gasteiger partial charge in [-0.15, -0.1) is 0 Å². The molecule has 2 rings (SSSR count). The van der Waals surface area contributed by atoms with Crippen molar-refractivity contribution in [3.63, 3.8) is 0 Å². The van der Waals surface area contributed by atoms with Crippen LogP contribution in [-0.4, -0.2) is 32.9 Å². The summed E-state index contributed by atoms with van der Waals surface area (Å²) in [7, 11) is -1.53. The predicted octanol–water partition coefficient (Wildman–Crippen LogP) is 2.50. The van der Waals surface area contributed by atoms with E-state index in [4.69, 9.17) is 0 Å². The monoisotopic (exact) mass is 311 g/mol. The van der Waals surface area contributed by atoms with Crippen LogP contribution in [-0.2, 0) is 10.2 Å². The van der Waals surface area contributed by atoms with Crippen molar-refractivity contribution in [3.8, 4) is 0 Å². The highest BCUT2D eigenvalue weighted by Gasteiger charge is 2.22. The first-order valence-electron chi connectivity index (χ1n) is 7.58. The Morgan fingerprint density at radius 3 is 2.14 bits per heavy atom. The molecule has 0 aromatic heterocycles. The fourth-order valence-corrected chi connectivity index (χ4v) is 3.80. The van der Waals surface area contributed by atoms with Gasteiger partial charge in [0.15, 0.2) is 0 Å². The lowest BCUT2D eigenvalue weighted by Gasteiger charge is -2.21. The summed E-state index contributed by atoms with van der Waals surface area (Å²) in [6.07, 6.45) is 4.12. The van der Waals surface area contributed by atoms with Crippen molar-refractivity contribution in [1.82, 2.24) is 9.62 Å². The minimum absolute atomic E-state index is 0.251. The van der Waals surface area contributed by atoms with E-state index < -0.39 is 10.2 Å². The average Bonchev–Trinajstić information content (AvgIpc) is 2.76. The van der Waals surface area contributed by atoms with Crippen LogP contribution < -0.4 is 10.0 Å². The third-order valence-electron chi connectivity index (χ3n) is 4.00. The van der Waals surface area contributed by atoms with Gasteiger partial charge in [-0.05, 0) is 44.5 Å². The number of rotatable bonds is 5. The third kappa shape index (κ3) is 4.43. The van der Waals surface area contributed by atoms with Crippen LogP contribution in [0.4, 0.5) is 5.69 Å². The van der Waals surface area contributed by atoms with Gasteiger partial charge in [-0.3, -0.25) is 4.72 Å². The summed E-state index contributed by atoms with van der Waals surface area (Å²) in [5, 5.41) is 3.16. The predicted molar refractivity (Wildman–Crippen MR) is 86.5 cm³/mol. The number of nitrogens with zero attached hydrogens (tertiary/aromatic N) is 1. The summed E-state index contributed by atoms with van der Waals surface area (Å²) in [6, 6.07) is 7.78. The Kier molecular flexibility index (Phi) is 5.61. The van der Waals surface area contributed by atoms with Crippen LogP contribution in [0.15, 0.2) is 24.3 Å². The van der Waals surface area contributed by atoms with Gasteiger partial charge in [0, 0.05) is 24.8 Å². The van der Waals surface area contributed by atoms with Crippen LogP contribution in [0.3, 0.4) is 0 Å². The Morgan fingerprint density at radius 2 is 1.62 bits per heavy atom. The molecular weight excluding hydrogens is 286 g/mol. The van der Waals surface area contributed by atoms with Crippen molar-refractivity contribution in [1.29, 1.82) is 0 Å². The summed E-state index contributed by atoms with van der Waals surface area (Å²) >= 11 is 0. The Bertz CT molecular complexity index is 535. The molecule has 1 aromatic rings. The molecule has 2 N–H and O–H groups in total. The van der Waals surface area contributed by atoms with Gasteiger partial charge >= 0.3 is 10.2 Å². The normalized spacial score (nSPS) is 19.0. The lowest BCUT2D eigenvalue weighted by Crippen LogP contribution is -2.36. The summed E-state index contributed by atoms with van der Waals surface area (Å²) in [5.41, 5.74) is 1.75. The van der Waals surface area contributed by atoms with Crippen LogP contribution >= 0.6 is 0 Å². The van der Waals surface area contributed by atoms with Crippen LogP contribution in [0.1, 0.15) is 44.2 Å². The van der Waals surface area contributed by atoms with E-state index in [0.29, 0.717) is 18.8 Å². The first-order valence-corrected chi connectivity index (χ1v) is 9.02. The summed E-state index contributed by atoms with van der Waals surface area (Å²) in [6.45, 7) is 3.30. The molecule has 0 aliphatic carbocycles. The topological polar surface area (TPSA) is 61.4 Å². The zero-order valence-electron chi connectivity index (χ0n) is 12.8. The Morgan fingerprint density at radius 1 is 1.05 bits per heavy atom. The second-order valence-electron chi connectivity index (χ2n) is 5.55. The zero-order valence-corrected chi connectivity index (χ0v) is 13.6. The number of hydrogen-bond donors (Lipinski definition) is 2. The molecule has 118 valence electrons. The fourth-order valence-electron chi connectivity index (χ4n) is 2.50. The van der Waals surface area contributed by atoms with Crippen LogP contribution in [0, 0.1) is 0 Å². The number of hydrogen-bond acceptors (Lipinski definition) is 3. The van der Waals surface area contributed by atoms with Crippen molar-refractivity contribution < 1.29 is 8.42 Å². The van der Waals surface area contributed by atoms with Gasteiger partial charge in [0.2, 0.25) is 0 Å². The highest BCUT2D eigenvalue weighted by Crippen LogP contribution is 2.19. The van der Waals surface area contributed by atoms with Crippen LogP contribution in [0.5, 0.6) is 0 Å². The molecule has 0 amide bonds. The molecule has 1 aromatic carbocycles. The lowest BCUT2D eigenvalue weighted by molar-refractivity contribution is 0.427. The highest BCUT2D eigenvalue weighted by atomic mass is 32.2. The molecule has 1 unspecified atom stereocenters. The minimum Gasteiger partial charge on any atom is -0.313 e. The first-order chi connectivity index (χ1) is 10.0. The summed E-state index contributed by atoms with van der Waals surface area (Å²) in [4.78, 5) is 0. The van der Waals surface area contributed by atoms with Gasteiger partial charge in [-0.2, -0.15) is 12.7 Å². The lowest BCUT2D eigenvalue weighted by atomic mass is 10.1. The molecule has 1 aliphatic heterocycles. The molecule has 21 heavy (non-hydrogen) atoms. The molecular formula is C15H25N3O2S. The number of nitrogens with one attached hydrogen (secondary N) is 2. The molecule has 6 heteroatoms. The highest BCUT2D eigenvalue weighted by molar-refractivity contribution is 7.90. The van der Waals surface area contributed by atoms with E-state index in [0.717, 1.165) is 31.2 Å². The van der Waals surface area contributed by atoms with Crippen LogP contribution in [0.2, 0.25) is 0 Å². The van der Waals surface area contributed by atoms with E-state index in [-0.39, 0.29) is 6.04 Å². The average molecular weight is 311 g/mol. The Hall–Kier alpha value is -1.11. The molecule has 5 nitrogen and oxygen atoms in total. The Balaban J connectivity index is 2.05. The first kappa shape index (κ1) is 16.3. The molecule has 1 atom stereocenters. The maximum Gasteiger partial charge on any atom is 0.301 e. The van der Waals surface area contributed by atoms with E-state index in [1.165, 1.54) is 0 Å². The van der Waals surface area contributed by atoms with Gasteiger partial charge < -0.3 is 5.32 Å². The molecule has 0 spiro atoms. The number of benzene rings is 1. The van der Waals surface area contributed by atoms with E-state index >= 15 is 0 Å². The third-order valence-corrected chi connectivity index (χ3v) is 5.53.